The normalized spacial score (nSPS) is 23.2. The molecule has 1 heterocycles. The molecule has 1 aliphatic heterocycles. The first-order chi connectivity index (χ1) is 9.06. The van der Waals surface area contributed by atoms with Gasteiger partial charge < -0.3 is 4.90 Å². The summed E-state index contributed by atoms with van der Waals surface area (Å²) in [6.07, 6.45) is 4.65. The van der Waals surface area contributed by atoms with Crippen LogP contribution in [0.4, 0.5) is 0 Å². The van der Waals surface area contributed by atoms with Gasteiger partial charge in [-0.15, -0.1) is 9.24 Å². The highest BCUT2D eigenvalue weighted by Crippen LogP contribution is 2.41. The first-order valence-electron chi connectivity index (χ1n) is 6.59. The van der Waals surface area contributed by atoms with Crippen LogP contribution in [0.1, 0.15) is 30.1 Å². The van der Waals surface area contributed by atoms with E-state index in [-0.39, 0.29) is 6.17 Å². The van der Waals surface area contributed by atoms with Gasteiger partial charge in [-0.1, -0.05) is 35.4 Å². The Kier molecular flexibility index (Phi) is 3.41. The third kappa shape index (κ3) is 2.57. The summed E-state index contributed by atoms with van der Waals surface area (Å²) in [7, 11) is 4.86. The van der Waals surface area contributed by atoms with Crippen molar-refractivity contribution in [2.75, 3.05) is 7.05 Å². The molecule has 1 saturated carbocycles. The van der Waals surface area contributed by atoms with E-state index >= 15 is 0 Å². The van der Waals surface area contributed by atoms with Gasteiger partial charge in [-0.2, -0.15) is 0 Å². The molecule has 0 aromatic heterocycles. The molecule has 1 aromatic carbocycles. The summed E-state index contributed by atoms with van der Waals surface area (Å²) in [5.74, 6) is 0.632. The Bertz CT molecular complexity index is 576. The predicted molar refractivity (Wildman–Crippen MR) is 85.1 cm³/mol. The van der Waals surface area contributed by atoms with E-state index in [2.05, 4.69) is 52.5 Å². The van der Waals surface area contributed by atoms with E-state index in [0.29, 0.717) is 11.1 Å². The fourth-order valence-electron chi connectivity index (χ4n) is 2.49. The first-order valence-corrected chi connectivity index (χ1v) is 7.55. The molecule has 1 aromatic rings. The molecule has 0 bridgehead atoms. The lowest BCUT2D eigenvalue weighted by molar-refractivity contribution is 0.341. The van der Waals surface area contributed by atoms with Crippen LogP contribution in [0.15, 0.2) is 35.0 Å². The lowest BCUT2D eigenvalue weighted by Crippen LogP contribution is -2.27. The second kappa shape index (κ2) is 4.92. The smallest absolute Gasteiger partial charge is 0.148 e. The predicted octanol–water partition coefficient (Wildman–Crippen LogP) is 3.37. The standard InChI is InChI=1S/C15H18ClN2P/c1-9-3-6-13(19)11(7-9)15-17-14(16)12(8-18(15)2)10-4-5-10/h3,6-8,10,15H,4-5,19H2,1-2H3. The average Bonchev–Trinajstić information content (AvgIpc) is 3.19. The number of hydrogen-bond donors (Lipinski definition) is 0. The maximum absolute atomic E-state index is 6.37. The highest BCUT2D eigenvalue weighted by molar-refractivity contribution is 7.27. The van der Waals surface area contributed by atoms with E-state index in [1.165, 1.54) is 34.8 Å². The topological polar surface area (TPSA) is 15.6 Å². The third-order valence-electron chi connectivity index (χ3n) is 3.74. The van der Waals surface area contributed by atoms with Crippen LogP contribution in [0, 0.1) is 12.8 Å². The van der Waals surface area contributed by atoms with Crippen molar-refractivity contribution in [2.45, 2.75) is 25.9 Å². The summed E-state index contributed by atoms with van der Waals surface area (Å²) >= 11 is 6.37. The van der Waals surface area contributed by atoms with E-state index in [1.54, 1.807) is 0 Å². The number of halogens is 1. The zero-order valence-electron chi connectivity index (χ0n) is 11.2. The van der Waals surface area contributed by atoms with Crippen molar-refractivity contribution in [3.63, 3.8) is 0 Å². The quantitative estimate of drug-likeness (QED) is 0.763. The third-order valence-corrected chi connectivity index (χ3v) is 4.58. The highest BCUT2D eigenvalue weighted by Gasteiger charge is 2.32. The van der Waals surface area contributed by atoms with Crippen LogP contribution in [-0.4, -0.2) is 17.1 Å². The molecule has 19 heavy (non-hydrogen) atoms. The molecule has 1 fully saturated rings. The molecular weight excluding hydrogens is 275 g/mol. The zero-order valence-corrected chi connectivity index (χ0v) is 13.1. The molecule has 2 unspecified atom stereocenters. The van der Waals surface area contributed by atoms with Crippen molar-refractivity contribution in [1.82, 2.24) is 4.90 Å². The summed E-state index contributed by atoms with van der Waals surface area (Å²) in [6, 6.07) is 6.42. The zero-order chi connectivity index (χ0) is 13.6. The number of aliphatic imine (C=N–C) groups is 1. The Labute approximate surface area is 121 Å². The molecule has 2 aliphatic rings. The van der Waals surface area contributed by atoms with Crippen LogP contribution >= 0.6 is 20.8 Å². The van der Waals surface area contributed by atoms with E-state index in [9.17, 15) is 0 Å². The molecule has 1 aliphatic carbocycles. The maximum atomic E-state index is 6.37. The Morgan fingerprint density at radius 1 is 1.37 bits per heavy atom. The van der Waals surface area contributed by atoms with E-state index in [0.717, 1.165) is 0 Å². The molecule has 2 atom stereocenters. The number of allylic oxidation sites excluding steroid dienone is 1. The molecular formula is C15H18ClN2P. The summed E-state index contributed by atoms with van der Waals surface area (Å²) < 4.78 is 0. The fraction of sp³-hybridized carbons (Fsp3) is 0.400. The van der Waals surface area contributed by atoms with Crippen molar-refractivity contribution >= 4 is 31.3 Å². The Morgan fingerprint density at radius 2 is 2.11 bits per heavy atom. The van der Waals surface area contributed by atoms with Crippen molar-refractivity contribution < 1.29 is 0 Å². The van der Waals surface area contributed by atoms with Crippen molar-refractivity contribution in [3.8, 4) is 0 Å². The summed E-state index contributed by atoms with van der Waals surface area (Å²) in [6.45, 7) is 2.10. The van der Waals surface area contributed by atoms with Gasteiger partial charge in [0.15, 0.2) is 0 Å². The SMILES string of the molecule is Cc1ccc(P)c(C2N=C(Cl)C(C3CC3)=CN2C)c1. The van der Waals surface area contributed by atoms with Crippen LogP contribution in [0.5, 0.6) is 0 Å². The van der Waals surface area contributed by atoms with Gasteiger partial charge in [0.25, 0.3) is 0 Å². The largest absolute Gasteiger partial charge is 0.355 e. The van der Waals surface area contributed by atoms with Gasteiger partial charge in [-0.25, -0.2) is 4.99 Å². The van der Waals surface area contributed by atoms with Gasteiger partial charge >= 0.3 is 0 Å². The van der Waals surface area contributed by atoms with Crippen LogP contribution in [-0.2, 0) is 0 Å². The van der Waals surface area contributed by atoms with Crippen molar-refractivity contribution in [1.29, 1.82) is 0 Å². The van der Waals surface area contributed by atoms with Crippen molar-refractivity contribution in [3.05, 3.63) is 41.1 Å². The summed E-state index contributed by atoms with van der Waals surface area (Å²) in [4.78, 5) is 6.87. The Balaban J connectivity index is 1.96. The van der Waals surface area contributed by atoms with Crippen LogP contribution in [0.3, 0.4) is 0 Å². The van der Waals surface area contributed by atoms with Crippen LogP contribution in [0.2, 0.25) is 0 Å². The minimum absolute atomic E-state index is 0.0117. The number of benzene rings is 1. The molecule has 0 N–H and O–H groups in total. The molecule has 2 nitrogen and oxygen atoms in total. The molecule has 4 heteroatoms. The van der Waals surface area contributed by atoms with Gasteiger partial charge in [0.1, 0.15) is 11.3 Å². The number of aryl methyl sites for hydroxylation is 1. The summed E-state index contributed by atoms with van der Waals surface area (Å²) in [5, 5.41) is 1.87. The molecule has 3 rings (SSSR count). The fourth-order valence-corrected chi connectivity index (χ4v) is 3.12. The first kappa shape index (κ1) is 13.1. The van der Waals surface area contributed by atoms with E-state index in [1.807, 2.05) is 0 Å². The molecule has 0 spiro atoms. The van der Waals surface area contributed by atoms with Gasteiger partial charge in [0.05, 0.1) is 0 Å². The van der Waals surface area contributed by atoms with Gasteiger partial charge in [0.2, 0.25) is 0 Å². The minimum atomic E-state index is -0.0117. The molecule has 0 radical (unpaired) electrons. The lowest BCUT2D eigenvalue weighted by Gasteiger charge is -2.30. The number of nitrogens with zero attached hydrogens (tertiary/aromatic N) is 2. The maximum Gasteiger partial charge on any atom is 0.148 e. The molecule has 0 saturated heterocycles. The lowest BCUT2D eigenvalue weighted by atomic mass is 10.1. The van der Waals surface area contributed by atoms with Crippen molar-refractivity contribution in [2.24, 2.45) is 10.9 Å². The van der Waals surface area contributed by atoms with Crippen LogP contribution < -0.4 is 5.30 Å². The van der Waals surface area contributed by atoms with Crippen LogP contribution in [0.25, 0.3) is 0 Å². The average molecular weight is 293 g/mol. The number of hydrogen-bond acceptors (Lipinski definition) is 2. The molecule has 100 valence electrons. The monoisotopic (exact) mass is 292 g/mol. The van der Waals surface area contributed by atoms with Gasteiger partial charge in [-0.3, -0.25) is 0 Å². The van der Waals surface area contributed by atoms with E-state index < -0.39 is 0 Å². The molecule has 0 amide bonds. The highest BCUT2D eigenvalue weighted by atomic mass is 35.5. The van der Waals surface area contributed by atoms with Gasteiger partial charge in [-0.05, 0) is 31.0 Å². The summed E-state index contributed by atoms with van der Waals surface area (Å²) in [5.41, 5.74) is 3.66. The Hall–Kier alpha value is -0.850. The Morgan fingerprint density at radius 3 is 2.79 bits per heavy atom. The van der Waals surface area contributed by atoms with Gasteiger partial charge in [0, 0.05) is 24.4 Å². The second-order valence-corrected chi connectivity index (χ2v) is 6.43. The second-order valence-electron chi connectivity index (χ2n) is 5.45. The van der Waals surface area contributed by atoms with E-state index in [4.69, 9.17) is 16.6 Å². The minimum Gasteiger partial charge on any atom is -0.355 e. The number of rotatable bonds is 2.